The fourth-order valence-electron chi connectivity index (χ4n) is 3.49. The molecule has 3 N–H and O–H groups in total. The van der Waals surface area contributed by atoms with Gasteiger partial charge in [-0.2, -0.15) is 13.2 Å². The van der Waals surface area contributed by atoms with Gasteiger partial charge in [0.2, 0.25) is 5.54 Å². The van der Waals surface area contributed by atoms with Gasteiger partial charge in [0, 0.05) is 12.5 Å². The van der Waals surface area contributed by atoms with Gasteiger partial charge in [-0.1, -0.05) is 19.3 Å². The highest BCUT2D eigenvalue weighted by atomic mass is 19.4. The Kier molecular flexibility index (Phi) is 4.03. The summed E-state index contributed by atoms with van der Waals surface area (Å²) in [6, 6.07) is 0. The lowest BCUT2D eigenvalue weighted by molar-refractivity contribution is -0.228. The molecule has 2 fully saturated rings. The second-order valence-corrected chi connectivity index (χ2v) is 5.95. The maximum absolute atomic E-state index is 13.1. The minimum Gasteiger partial charge on any atom is -0.480 e. The zero-order chi connectivity index (χ0) is 15.0. The first-order valence-corrected chi connectivity index (χ1v) is 6.94. The van der Waals surface area contributed by atoms with E-state index in [0.29, 0.717) is 12.8 Å². The second-order valence-electron chi connectivity index (χ2n) is 5.95. The van der Waals surface area contributed by atoms with Crippen LogP contribution in [0.25, 0.3) is 0 Å². The maximum atomic E-state index is 13.1. The van der Waals surface area contributed by atoms with E-state index in [2.05, 4.69) is 0 Å². The first-order valence-electron chi connectivity index (χ1n) is 6.94. The van der Waals surface area contributed by atoms with Crippen LogP contribution in [0, 0.1) is 5.92 Å². The van der Waals surface area contributed by atoms with Crippen molar-refractivity contribution in [3.8, 4) is 0 Å². The van der Waals surface area contributed by atoms with Crippen molar-refractivity contribution >= 4 is 5.97 Å². The molecular weight excluding hydrogens is 275 g/mol. The lowest BCUT2D eigenvalue weighted by Crippen LogP contribution is -2.66. The number of nitrogens with two attached hydrogens (primary N) is 1. The molecular formula is C13H20F3NO3. The zero-order valence-corrected chi connectivity index (χ0v) is 11.2. The number of ether oxygens (including phenoxy) is 1. The summed E-state index contributed by atoms with van der Waals surface area (Å²) in [4.78, 5) is 11.2. The molecule has 0 aromatic rings. The number of aliphatic carboxylic acids is 1. The van der Waals surface area contributed by atoms with Crippen LogP contribution in [0.3, 0.4) is 0 Å². The molecule has 20 heavy (non-hydrogen) atoms. The quantitative estimate of drug-likeness (QED) is 0.821. The van der Waals surface area contributed by atoms with E-state index >= 15 is 0 Å². The van der Waals surface area contributed by atoms with Gasteiger partial charge in [0.05, 0.1) is 5.60 Å². The predicted octanol–water partition coefficient (Wildman–Crippen LogP) is 2.46. The minimum absolute atomic E-state index is 0.0318. The summed E-state index contributed by atoms with van der Waals surface area (Å²) in [5, 5.41) is 9.02. The Morgan fingerprint density at radius 2 is 1.85 bits per heavy atom. The fraction of sp³-hybridized carbons (Fsp3) is 0.923. The smallest absolute Gasteiger partial charge is 0.417 e. The molecule has 0 radical (unpaired) electrons. The van der Waals surface area contributed by atoms with Crippen LogP contribution in [0.4, 0.5) is 13.2 Å². The summed E-state index contributed by atoms with van der Waals surface area (Å²) in [7, 11) is 0. The van der Waals surface area contributed by atoms with E-state index < -0.39 is 29.2 Å². The van der Waals surface area contributed by atoms with Crippen LogP contribution in [0.5, 0.6) is 0 Å². The van der Waals surface area contributed by atoms with E-state index in [9.17, 15) is 18.0 Å². The lowest BCUT2D eigenvalue weighted by Gasteiger charge is -2.47. The van der Waals surface area contributed by atoms with Gasteiger partial charge < -0.3 is 15.6 Å². The van der Waals surface area contributed by atoms with E-state index in [-0.39, 0.29) is 19.4 Å². The summed E-state index contributed by atoms with van der Waals surface area (Å²) < 4.78 is 45.2. The first-order chi connectivity index (χ1) is 9.21. The van der Waals surface area contributed by atoms with Crippen molar-refractivity contribution < 1.29 is 27.8 Å². The Bertz CT molecular complexity index is 374. The molecule has 1 saturated heterocycles. The molecule has 1 aliphatic heterocycles. The molecule has 1 saturated carbocycles. The summed E-state index contributed by atoms with van der Waals surface area (Å²) in [5.74, 6) is -3.13. The van der Waals surface area contributed by atoms with Crippen molar-refractivity contribution in [2.24, 2.45) is 11.7 Å². The number of rotatable bonds is 2. The topological polar surface area (TPSA) is 72.6 Å². The van der Waals surface area contributed by atoms with Crippen molar-refractivity contribution in [1.82, 2.24) is 0 Å². The highest BCUT2D eigenvalue weighted by Gasteiger charge is 2.64. The van der Waals surface area contributed by atoms with Crippen molar-refractivity contribution in [3.63, 3.8) is 0 Å². The molecule has 1 spiro atoms. The van der Waals surface area contributed by atoms with E-state index in [1.54, 1.807) is 0 Å². The maximum Gasteiger partial charge on any atom is 0.417 e. The fourth-order valence-corrected chi connectivity index (χ4v) is 3.49. The third-order valence-corrected chi connectivity index (χ3v) is 4.72. The number of carboxylic acid groups (broad SMARTS) is 1. The van der Waals surface area contributed by atoms with Gasteiger partial charge in [-0.3, -0.25) is 0 Å². The van der Waals surface area contributed by atoms with Gasteiger partial charge in [-0.15, -0.1) is 0 Å². The third kappa shape index (κ3) is 2.53. The molecule has 4 nitrogen and oxygen atoms in total. The van der Waals surface area contributed by atoms with Gasteiger partial charge in [0.25, 0.3) is 0 Å². The normalized spacial score (nSPS) is 29.9. The third-order valence-electron chi connectivity index (χ3n) is 4.72. The van der Waals surface area contributed by atoms with Crippen LogP contribution in [0.2, 0.25) is 0 Å². The van der Waals surface area contributed by atoms with Crippen LogP contribution < -0.4 is 5.73 Å². The molecule has 0 bridgehead atoms. The molecule has 0 amide bonds. The van der Waals surface area contributed by atoms with Crippen LogP contribution in [0.15, 0.2) is 0 Å². The SMILES string of the molecule is NC(C(=O)O)(C1CCOC2(CCCCC2)C1)C(F)(F)F. The van der Waals surface area contributed by atoms with E-state index in [1.165, 1.54) is 0 Å². The molecule has 116 valence electrons. The standard InChI is InChI=1S/C13H20F3NO3/c14-13(15,16)12(17,10(18)19)9-4-7-20-11(8-9)5-2-1-3-6-11/h9H,1-8,17H2,(H,18,19). The van der Waals surface area contributed by atoms with Crippen LogP contribution in [0.1, 0.15) is 44.9 Å². The minimum atomic E-state index is -4.96. The number of carboxylic acids is 1. The molecule has 0 aromatic heterocycles. The van der Waals surface area contributed by atoms with Crippen molar-refractivity contribution in [2.45, 2.75) is 62.3 Å². The molecule has 1 heterocycles. The van der Waals surface area contributed by atoms with Gasteiger partial charge in [-0.25, -0.2) is 4.79 Å². The van der Waals surface area contributed by atoms with Gasteiger partial charge in [0.15, 0.2) is 0 Å². The van der Waals surface area contributed by atoms with Crippen LogP contribution in [-0.2, 0) is 9.53 Å². The van der Waals surface area contributed by atoms with Crippen molar-refractivity contribution in [2.75, 3.05) is 6.61 Å². The van der Waals surface area contributed by atoms with Crippen molar-refractivity contribution in [3.05, 3.63) is 0 Å². The first kappa shape index (κ1) is 15.6. The van der Waals surface area contributed by atoms with Crippen LogP contribution in [-0.4, -0.2) is 35.0 Å². The Morgan fingerprint density at radius 1 is 1.25 bits per heavy atom. The molecule has 0 aromatic carbocycles. The number of hydrogen-bond donors (Lipinski definition) is 2. The Hall–Kier alpha value is -0.820. The molecule has 1 aliphatic carbocycles. The average Bonchev–Trinajstić information content (AvgIpc) is 2.37. The number of halogens is 3. The number of carbonyl (C=O) groups is 1. The highest BCUT2D eigenvalue weighted by Crippen LogP contribution is 2.47. The van der Waals surface area contributed by atoms with Crippen molar-refractivity contribution in [1.29, 1.82) is 0 Å². The molecule has 7 heteroatoms. The molecule has 2 atom stereocenters. The van der Waals surface area contributed by atoms with Gasteiger partial charge in [-0.05, 0) is 25.7 Å². The average molecular weight is 295 g/mol. The van der Waals surface area contributed by atoms with Gasteiger partial charge in [0.1, 0.15) is 0 Å². The molecule has 2 rings (SSSR count). The van der Waals surface area contributed by atoms with Gasteiger partial charge >= 0.3 is 12.1 Å². The Labute approximate surface area is 115 Å². The largest absolute Gasteiger partial charge is 0.480 e. The lowest BCUT2D eigenvalue weighted by atomic mass is 9.69. The monoisotopic (exact) mass is 295 g/mol. The Balaban J connectivity index is 2.24. The summed E-state index contributed by atoms with van der Waals surface area (Å²) >= 11 is 0. The summed E-state index contributed by atoms with van der Waals surface area (Å²) in [6.45, 7) is 0.146. The molecule has 2 aliphatic rings. The number of hydrogen-bond acceptors (Lipinski definition) is 3. The summed E-state index contributed by atoms with van der Waals surface area (Å²) in [6.07, 6.45) is -0.612. The van der Waals surface area contributed by atoms with Crippen LogP contribution >= 0.6 is 0 Å². The highest BCUT2D eigenvalue weighted by molar-refractivity contribution is 5.80. The predicted molar refractivity (Wildman–Crippen MR) is 65.1 cm³/mol. The second kappa shape index (κ2) is 5.18. The number of alkyl halides is 3. The molecule has 2 unspecified atom stereocenters. The zero-order valence-electron chi connectivity index (χ0n) is 11.2. The summed E-state index contributed by atoms with van der Waals surface area (Å²) in [5.41, 5.74) is 1.52. The van der Waals surface area contributed by atoms with E-state index in [1.807, 2.05) is 0 Å². The Morgan fingerprint density at radius 3 is 2.35 bits per heavy atom. The van der Waals surface area contributed by atoms with E-state index in [0.717, 1.165) is 19.3 Å². The van der Waals surface area contributed by atoms with E-state index in [4.69, 9.17) is 15.6 Å².